The van der Waals surface area contributed by atoms with E-state index < -0.39 is 16.0 Å². The van der Waals surface area contributed by atoms with Crippen molar-refractivity contribution in [3.05, 3.63) is 30.1 Å². The Kier molecular flexibility index (Phi) is 5.18. The van der Waals surface area contributed by atoms with Gasteiger partial charge in [-0.1, -0.05) is 13.0 Å². The molecule has 1 saturated heterocycles. The molecule has 0 saturated carbocycles. The highest BCUT2D eigenvalue weighted by atomic mass is 32.2. The maximum atomic E-state index is 13.4. The Bertz CT molecular complexity index is 579. The van der Waals surface area contributed by atoms with Crippen LogP contribution in [0.5, 0.6) is 0 Å². The van der Waals surface area contributed by atoms with E-state index in [1.807, 2.05) is 6.92 Å². The number of piperidine rings is 1. The third kappa shape index (κ3) is 3.72. The van der Waals surface area contributed by atoms with Crippen molar-refractivity contribution >= 4 is 15.9 Å². The van der Waals surface area contributed by atoms with E-state index in [-0.39, 0.29) is 18.8 Å². The van der Waals surface area contributed by atoms with Crippen LogP contribution in [0.4, 0.5) is 10.1 Å². The zero-order valence-corrected chi connectivity index (χ0v) is 12.9. The lowest BCUT2D eigenvalue weighted by Gasteiger charge is -2.35. The number of aliphatic hydroxyl groups is 1. The second-order valence-corrected chi connectivity index (χ2v) is 7.24. The first kappa shape index (κ1) is 16.2. The van der Waals surface area contributed by atoms with E-state index in [2.05, 4.69) is 0 Å². The molecule has 0 spiro atoms. The molecule has 0 radical (unpaired) electrons. The van der Waals surface area contributed by atoms with Gasteiger partial charge in [-0.3, -0.25) is 4.31 Å². The van der Waals surface area contributed by atoms with Crippen LogP contribution in [0.2, 0.25) is 0 Å². The van der Waals surface area contributed by atoms with Gasteiger partial charge in [-0.15, -0.1) is 0 Å². The van der Waals surface area contributed by atoms with Crippen LogP contribution in [0.3, 0.4) is 0 Å². The minimum atomic E-state index is -3.75. The standard InChI is InChI=1S/C14H21FN2O3S/c1-12-4-3-7-16(11-12)21(19,20)17(8-9-18)14-6-2-5-13(15)10-14/h2,5-6,10,12,18H,3-4,7-9,11H2,1H3. The maximum absolute atomic E-state index is 13.4. The Morgan fingerprint density at radius 3 is 2.86 bits per heavy atom. The summed E-state index contributed by atoms with van der Waals surface area (Å²) >= 11 is 0. The van der Waals surface area contributed by atoms with Crippen LogP contribution in [0.25, 0.3) is 0 Å². The van der Waals surface area contributed by atoms with Crippen molar-refractivity contribution in [2.24, 2.45) is 5.92 Å². The summed E-state index contributed by atoms with van der Waals surface area (Å²) in [5.41, 5.74) is 0.238. The first-order chi connectivity index (χ1) is 9.95. The third-order valence-electron chi connectivity index (χ3n) is 3.62. The van der Waals surface area contributed by atoms with E-state index in [0.29, 0.717) is 19.0 Å². The molecular formula is C14H21FN2O3S. The highest BCUT2D eigenvalue weighted by Crippen LogP contribution is 2.25. The minimum absolute atomic E-state index is 0.0866. The molecule has 1 unspecified atom stereocenters. The van der Waals surface area contributed by atoms with Crippen LogP contribution in [0.1, 0.15) is 19.8 Å². The van der Waals surface area contributed by atoms with E-state index >= 15 is 0 Å². The van der Waals surface area contributed by atoms with E-state index in [9.17, 15) is 12.8 Å². The van der Waals surface area contributed by atoms with Crippen molar-refractivity contribution in [1.29, 1.82) is 0 Å². The number of benzene rings is 1. The second kappa shape index (κ2) is 6.72. The summed E-state index contributed by atoms with van der Waals surface area (Å²) in [6, 6.07) is 5.42. The number of hydrogen-bond donors (Lipinski definition) is 1. The van der Waals surface area contributed by atoms with E-state index in [0.717, 1.165) is 17.1 Å². The van der Waals surface area contributed by atoms with Crippen molar-refractivity contribution in [3.8, 4) is 0 Å². The van der Waals surface area contributed by atoms with Crippen LogP contribution in [0.15, 0.2) is 24.3 Å². The normalized spacial score (nSPS) is 20.4. The first-order valence-electron chi connectivity index (χ1n) is 7.09. The van der Waals surface area contributed by atoms with Gasteiger partial charge in [0.1, 0.15) is 5.82 Å². The van der Waals surface area contributed by atoms with Crippen LogP contribution in [-0.2, 0) is 10.2 Å². The molecule has 2 rings (SSSR count). The van der Waals surface area contributed by atoms with Gasteiger partial charge in [-0.05, 0) is 37.0 Å². The van der Waals surface area contributed by atoms with Crippen LogP contribution in [-0.4, -0.2) is 44.1 Å². The molecule has 1 aromatic carbocycles. The van der Waals surface area contributed by atoms with Gasteiger partial charge in [0.2, 0.25) is 0 Å². The highest BCUT2D eigenvalue weighted by molar-refractivity contribution is 7.90. The topological polar surface area (TPSA) is 60.9 Å². The fourth-order valence-corrected chi connectivity index (χ4v) is 4.37. The van der Waals surface area contributed by atoms with Crippen molar-refractivity contribution in [2.45, 2.75) is 19.8 Å². The summed E-state index contributed by atoms with van der Waals surface area (Å²) in [6.07, 6.45) is 1.82. The molecule has 0 aromatic heterocycles. The highest BCUT2D eigenvalue weighted by Gasteiger charge is 2.32. The second-order valence-electron chi connectivity index (χ2n) is 5.39. The molecule has 1 N–H and O–H groups in total. The predicted molar refractivity (Wildman–Crippen MR) is 79.7 cm³/mol. The lowest BCUT2D eigenvalue weighted by atomic mass is 10.0. The van der Waals surface area contributed by atoms with Crippen LogP contribution < -0.4 is 4.31 Å². The fraction of sp³-hybridized carbons (Fsp3) is 0.571. The van der Waals surface area contributed by atoms with Gasteiger partial charge in [0, 0.05) is 13.1 Å². The third-order valence-corrected chi connectivity index (χ3v) is 5.56. The molecule has 118 valence electrons. The largest absolute Gasteiger partial charge is 0.394 e. The predicted octanol–water partition coefficient (Wildman–Crippen LogP) is 1.60. The summed E-state index contributed by atoms with van der Waals surface area (Å²) in [5, 5.41) is 9.16. The number of anilines is 1. The molecule has 1 aliphatic rings. The van der Waals surface area contributed by atoms with Crippen molar-refractivity contribution in [3.63, 3.8) is 0 Å². The van der Waals surface area contributed by atoms with E-state index in [4.69, 9.17) is 5.11 Å². The molecule has 5 nitrogen and oxygen atoms in total. The number of rotatable bonds is 5. The Labute approximate surface area is 125 Å². The zero-order chi connectivity index (χ0) is 15.5. The molecule has 0 aliphatic carbocycles. The number of hydrogen-bond acceptors (Lipinski definition) is 3. The summed E-state index contributed by atoms with van der Waals surface area (Å²) < 4.78 is 41.4. The van der Waals surface area contributed by atoms with E-state index in [1.165, 1.54) is 28.6 Å². The molecule has 1 aromatic rings. The Morgan fingerprint density at radius 2 is 2.24 bits per heavy atom. The summed E-state index contributed by atoms with van der Waals surface area (Å²) in [7, 11) is -3.75. The van der Waals surface area contributed by atoms with Crippen LogP contribution >= 0.6 is 0 Å². The van der Waals surface area contributed by atoms with Gasteiger partial charge >= 0.3 is 10.2 Å². The fourth-order valence-electron chi connectivity index (χ4n) is 2.59. The molecular weight excluding hydrogens is 295 g/mol. The van der Waals surface area contributed by atoms with Crippen LogP contribution in [0, 0.1) is 11.7 Å². The molecule has 0 amide bonds. The molecule has 21 heavy (non-hydrogen) atoms. The summed E-state index contributed by atoms with van der Waals surface area (Å²) in [4.78, 5) is 0. The molecule has 7 heteroatoms. The summed E-state index contributed by atoms with van der Waals surface area (Å²) in [5.74, 6) is -0.199. The van der Waals surface area contributed by atoms with Crippen molar-refractivity contribution in [2.75, 3.05) is 30.5 Å². The van der Waals surface area contributed by atoms with Crippen molar-refractivity contribution in [1.82, 2.24) is 4.31 Å². The minimum Gasteiger partial charge on any atom is -0.394 e. The Hall–Kier alpha value is -1.18. The lowest BCUT2D eigenvalue weighted by molar-refractivity contribution is 0.276. The average Bonchev–Trinajstić information content (AvgIpc) is 2.44. The number of halogens is 1. The molecule has 1 heterocycles. The molecule has 1 fully saturated rings. The monoisotopic (exact) mass is 316 g/mol. The lowest BCUT2D eigenvalue weighted by Crippen LogP contribution is -2.48. The Balaban J connectivity index is 2.32. The SMILES string of the molecule is CC1CCCN(S(=O)(=O)N(CCO)c2cccc(F)c2)C1. The number of nitrogens with zero attached hydrogens (tertiary/aromatic N) is 2. The Morgan fingerprint density at radius 1 is 1.48 bits per heavy atom. The zero-order valence-electron chi connectivity index (χ0n) is 12.1. The quantitative estimate of drug-likeness (QED) is 0.897. The maximum Gasteiger partial charge on any atom is 0.304 e. The molecule has 1 aliphatic heterocycles. The van der Waals surface area contributed by atoms with Gasteiger partial charge in [0.15, 0.2) is 0 Å². The average molecular weight is 316 g/mol. The summed E-state index contributed by atoms with van der Waals surface area (Å²) in [6.45, 7) is 2.53. The van der Waals surface area contributed by atoms with Gasteiger partial charge in [-0.25, -0.2) is 4.39 Å². The molecule has 0 bridgehead atoms. The van der Waals surface area contributed by atoms with E-state index in [1.54, 1.807) is 0 Å². The van der Waals surface area contributed by atoms with Gasteiger partial charge in [0.05, 0.1) is 18.8 Å². The van der Waals surface area contributed by atoms with Gasteiger partial charge in [-0.2, -0.15) is 12.7 Å². The van der Waals surface area contributed by atoms with Gasteiger partial charge in [0.25, 0.3) is 0 Å². The molecule has 1 atom stereocenters. The van der Waals surface area contributed by atoms with Crippen molar-refractivity contribution < 1.29 is 17.9 Å². The smallest absolute Gasteiger partial charge is 0.304 e. The van der Waals surface area contributed by atoms with Gasteiger partial charge < -0.3 is 5.11 Å². The first-order valence-corrected chi connectivity index (χ1v) is 8.49. The number of aliphatic hydroxyl groups excluding tert-OH is 1.